The molecule has 0 aromatic carbocycles. The van der Waals surface area contributed by atoms with Gasteiger partial charge in [0.05, 0.1) is 11.5 Å². The van der Waals surface area contributed by atoms with Crippen molar-refractivity contribution in [1.82, 2.24) is 9.97 Å². The lowest BCUT2D eigenvalue weighted by atomic mass is 9.70. The number of aryl methyl sites for hydroxylation is 1. The van der Waals surface area contributed by atoms with Gasteiger partial charge in [0.25, 0.3) is 5.56 Å². The second-order valence-corrected chi connectivity index (χ2v) is 11.1. The summed E-state index contributed by atoms with van der Waals surface area (Å²) < 4.78 is 0. The van der Waals surface area contributed by atoms with Crippen molar-refractivity contribution in [2.24, 2.45) is 5.41 Å². The molecule has 2 N–H and O–H groups in total. The third kappa shape index (κ3) is 3.94. The molecule has 0 fully saturated rings. The zero-order valence-electron chi connectivity index (χ0n) is 17.3. The van der Waals surface area contributed by atoms with Crippen molar-refractivity contribution >= 4 is 34.7 Å². The molecule has 1 aliphatic heterocycles. The number of nitrogens with one attached hydrogen (secondary N) is 2. The number of carbonyl (C=O) groups is 1. The summed E-state index contributed by atoms with van der Waals surface area (Å²) in [5.41, 5.74) is 1.99. The van der Waals surface area contributed by atoms with E-state index in [1.54, 1.807) is 23.1 Å². The van der Waals surface area contributed by atoms with Gasteiger partial charge in [-0.15, -0.1) is 11.3 Å². The first-order valence-electron chi connectivity index (χ1n) is 10.2. The van der Waals surface area contributed by atoms with Gasteiger partial charge in [0.2, 0.25) is 0 Å². The monoisotopic (exact) mass is 429 g/mol. The Morgan fingerprint density at radius 1 is 1.28 bits per heavy atom. The first-order chi connectivity index (χ1) is 13.8. The fraction of sp³-hybridized carbons (Fsp3) is 0.500. The van der Waals surface area contributed by atoms with Crippen LogP contribution in [0, 0.1) is 12.3 Å². The lowest BCUT2D eigenvalue weighted by Gasteiger charge is -2.38. The molecule has 0 bridgehead atoms. The van der Waals surface area contributed by atoms with E-state index in [0.29, 0.717) is 23.0 Å². The van der Waals surface area contributed by atoms with E-state index in [1.807, 2.05) is 13.0 Å². The normalized spacial score (nSPS) is 20.3. The summed E-state index contributed by atoms with van der Waals surface area (Å²) in [6.45, 7) is 8.43. The number of thiophene rings is 1. The second kappa shape index (κ2) is 7.76. The van der Waals surface area contributed by atoms with Crippen LogP contribution in [0.25, 0.3) is 0 Å². The van der Waals surface area contributed by atoms with Crippen molar-refractivity contribution in [3.05, 3.63) is 49.1 Å². The number of allylic oxidation sites excluding steroid dienone is 2. The maximum absolute atomic E-state index is 13.2. The van der Waals surface area contributed by atoms with Gasteiger partial charge in [-0.25, -0.2) is 4.98 Å². The van der Waals surface area contributed by atoms with Crippen molar-refractivity contribution in [2.75, 3.05) is 11.1 Å². The van der Waals surface area contributed by atoms with Crippen molar-refractivity contribution in [3.63, 3.8) is 0 Å². The van der Waals surface area contributed by atoms with Gasteiger partial charge in [-0.3, -0.25) is 9.59 Å². The molecular formula is C22H27N3O2S2. The molecular weight excluding hydrogens is 402 g/mol. The Morgan fingerprint density at radius 3 is 2.76 bits per heavy atom. The molecule has 1 atom stereocenters. The first-order valence-corrected chi connectivity index (χ1v) is 12.0. The molecule has 4 rings (SSSR count). The molecule has 0 saturated heterocycles. The van der Waals surface area contributed by atoms with Gasteiger partial charge >= 0.3 is 0 Å². The van der Waals surface area contributed by atoms with Gasteiger partial charge in [0, 0.05) is 33.2 Å². The summed E-state index contributed by atoms with van der Waals surface area (Å²) in [6.07, 6.45) is 3.46. The van der Waals surface area contributed by atoms with Gasteiger partial charge in [-0.1, -0.05) is 39.0 Å². The second-order valence-electron chi connectivity index (χ2n) is 8.67. The fourth-order valence-electron chi connectivity index (χ4n) is 4.17. The zero-order valence-corrected chi connectivity index (χ0v) is 19.0. The standard InChI is InChI=1S/C22H27N3O2S2/c1-5-6-9-28-21-24-19-18(20(27)25-21)17(15-8-7-12(2)29-15)16-13(23-19)10-22(3,4)11-14(16)26/h7-8,17H,5-6,9-11H2,1-4H3,(H2,23,24,25,27). The first kappa shape index (κ1) is 20.4. The van der Waals surface area contributed by atoms with Gasteiger partial charge in [-0.05, 0) is 37.3 Å². The largest absolute Gasteiger partial charge is 0.343 e. The van der Waals surface area contributed by atoms with E-state index >= 15 is 0 Å². The predicted octanol–water partition coefficient (Wildman–Crippen LogP) is 5.23. The molecule has 1 aliphatic carbocycles. The third-order valence-corrected chi connectivity index (χ3v) is 7.51. The quantitative estimate of drug-likeness (QED) is 0.387. The molecule has 0 spiro atoms. The number of thioether (sulfide) groups is 1. The number of rotatable bonds is 5. The van der Waals surface area contributed by atoms with Crippen LogP contribution in [-0.2, 0) is 4.79 Å². The maximum atomic E-state index is 13.2. The average Bonchev–Trinajstić information content (AvgIpc) is 3.05. The summed E-state index contributed by atoms with van der Waals surface area (Å²) in [7, 11) is 0. The van der Waals surface area contributed by atoms with Crippen LogP contribution >= 0.6 is 23.1 Å². The van der Waals surface area contributed by atoms with Crippen molar-refractivity contribution in [3.8, 4) is 0 Å². The van der Waals surface area contributed by atoms with Crippen LogP contribution in [0.1, 0.15) is 67.7 Å². The Balaban J connectivity index is 1.85. The number of aromatic nitrogens is 2. The molecule has 2 aromatic rings. The van der Waals surface area contributed by atoms with Crippen molar-refractivity contribution < 1.29 is 4.79 Å². The molecule has 2 aromatic heterocycles. The topological polar surface area (TPSA) is 74.8 Å². The molecule has 1 unspecified atom stereocenters. The lowest BCUT2D eigenvalue weighted by Crippen LogP contribution is -2.36. The number of unbranched alkanes of at least 4 members (excludes halogenated alkanes) is 1. The van der Waals surface area contributed by atoms with E-state index in [-0.39, 0.29) is 22.7 Å². The number of fused-ring (bicyclic) bond motifs is 1. The molecule has 3 heterocycles. The van der Waals surface area contributed by atoms with Gasteiger partial charge in [-0.2, -0.15) is 0 Å². The van der Waals surface area contributed by atoms with Crippen LogP contribution in [-0.4, -0.2) is 21.5 Å². The Bertz CT molecular complexity index is 1050. The Morgan fingerprint density at radius 2 is 2.07 bits per heavy atom. The third-order valence-electron chi connectivity index (χ3n) is 5.48. The SMILES string of the molecule is CCCCSc1nc2c(c(=O)[nH]1)C(c1ccc(C)s1)C1=C(CC(C)(C)CC1=O)N2. The molecule has 154 valence electrons. The smallest absolute Gasteiger partial charge is 0.257 e. The minimum atomic E-state index is -0.338. The summed E-state index contributed by atoms with van der Waals surface area (Å²) in [5, 5.41) is 4.02. The van der Waals surface area contributed by atoms with E-state index in [9.17, 15) is 9.59 Å². The highest BCUT2D eigenvalue weighted by Crippen LogP contribution is 2.48. The highest BCUT2D eigenvalue weighted by Gasteiger charge is 2.42. The van der Waals surface area contributed by atoms with Gasteiger partial charge in [0.15, 0.2) is 10.9 Å². The Kier molecular flexibility index (Phi) is 5.46. The van der Waals surface area contributed by atoms with Crippen LogP contribution in [0.3, 0.4) is 0 Å². The van der Waals surface area contributed by atoms with Crippen molar-refractivity contribution in [2.45, 2.75) is 64.5 Å². The number of H-pyrrole nitrogens is 1. The minimum Gasteiger partial charge on any atom is -0.343 e. The van der Waals surface area contributed by atoms with E-state index in [4.69, 9.17) is 4.98 Å². The lowest BCUT2D eigenvalue weighted by molar-refractivity contribution is -0.118. The van der Waals surface area contributed by atoms with Crippen LogP contribution in [0.15, 0.2) is 33.4 Å². The van der Waals surface area contributed by atoms with Crippen LogP contribution in [0.2, 0.25) is 0 Å². The molecule has 0 radical (unpaired) electrons. The van der Waals surface area contributed by atoms with Crippen LogP contribution < -0.4 is 10.9 Å². The summed E-state index contributed by atoms with van der Waals surface area (Å²) in [6, 6.07) is 4.09. The fourth-order valence-corrected chi connectivity index (χ4v) is 6.11. The number of aromatic amines is 1. The summed E-state index contributed by atoms with van der Waals surface area (Å²) in [4.78, 5) is 36.2. The molecule has 2 aliphatic rings. The average molecular weight is 430 g/mol. The maximum Gasteiger partial charge on any atom is 0.257 e. The number of anilines is 1. The molecule has 0 amide bonds. The van der Waals surface area contributed by atoms with Crippen molar-refractivity contribution in [1.29, 1.82) is 0 Å². The van der Waals surface area contributed by atoms with E-state index in [2.05, 4.69) is 37.1 Å². The number of Topliss-reactive ketones (excluding diaryl/α,β-unsaturated/α-hetero) is 1. The number of hydrogen-bond donors (Lipinski definition) is 2. The highest BCUT2D eigenvalue weighted by molar-refractivity contribution is 7.99. The number of carbonyl (C=O) groups excluding carboxylic acids is 1. The number of nitrogens with zero attached hydrogens (tertiary/aromatic N) is 1. The zero-order chi connectivity index (χ0) is 20.8. The highest BCUT2D eigenvalue weighted by atomic mass is 32.2. The molecule has 29 heavy (non-hydrogen) atoms. The van der Waals surface area contributed by atoms with E-state index in [0.717, 1.165) is 41.2 Å². The van der Waals surface area contributed by atoms with Gasteiger partial charge < -0.3 is 10.3 Å². The molecule has 5 nitrogen and oxygen atoms in total. The minimum absolute atomic E-state index is 0.101. The summed E-state index contributed by atoms with van der Waals surface area (Å²) >= 11 is 3.22. The molecule has 7 heteroatoms. The predicted molar refractivity (Wildman–Crippen MR) is 120 cm³/mol. The van der Waals surface area contributed by atoms with Gasteiger partial charge in [0.1, 0.15) is 5.82 Å². The van der Waals surface area contributed by atoms with E-state index < -0.39 is 0 Å². The summed E-state index contributed by atoms with van der Waals surface area (Å²) in [5.74, 6) is 1.32. The molecule has 0 saturated carbocycles. The van der Waals surface area contributed by atoms with E-state index in [1.165, 1.54) is 4.88 Å². The Hall–Kier alpha value is -1.86. The Labute approximate surface area is 179 Å². The number of hydrogen-bond acceptors (Lipinski definition) is 6. The van der Waals surface area contributed by atoms with Crippen LogP contribution in [0.5, 0.6) is 0 Å². The number of ketones is 1. The van der Waals surface area contributed by atoms with Crippen LogP contribution in [0.4, 0.5) is 5.82 Å².